The number of aryl methyl sites for hydroxylation is 2. The van der Waals surface area contributed by atoms with Gasteiger partial charge in [-0.3, -0.25) is 19.4 Å². The van der Waals surface area contributed by atoms with Crippen LogP contribution in [0.25, 0.3) is 0 Å². The van der Waals surface area contributed by atoms with Gasteiger partial charge < -0.3 is 5.32 Å². The average Bonchev–Trinajstić information content (AvgIpc) is 3.28. The number of imide groups is 1. The summed E-state index contributed by atoms with van der Waals surface area (Å²) in [5, 5.41) is 13.9. The molecule has 10 heteroatoms. The molecule has 27 heavy (non-hydrogen) atoms. The fourth-order valence-electron chi connectivity index (χ4n) is 3.28. The van der Waals surface area contributed by atoms with Crippen LogP contribution in [0.1, 0.15) is 11.1 Å². The van der Waals surface area contributed by atoms with Crippen molar-refractivity contribution in [3.63, 3.8) is 0 Å². The van der Waals surface area contributed by atoms with Crippen LogP contribution < -0.4 is 10.2 Å². The maximum atomic E-state index is 12.9. The Balaban J connectivity index is 1.53. The van der Waals surface area contributed by atoms with Gasteiger partial charge in [-0.15, -0.1) is 11.3 Å². The Labute approximate surface area is 158 Å². The van der Waals surface area contributed by atoms with Gasteiger partial charge in [-0.25, -0.2) is 9.88 Å². The smallest absolute Gasteiger partial charge is 0.263 e. The molecule has 3 amide bonds. The topological polar surface area (TPSA) is 107 Å². The number of amides is 3. The summed E-state index contributed by atoms with van der Waals surface area (Å²) in [4.78, 5) is 43.0. The summed E-state index contributed by atoms with van der Waals surface area (Å²) in [6, 6.07) is 3.69. The van der Waals surface area contributed by atoms with Crippen LogP contribution in [0.4, 0.5) is 10.8 Å². The Kier molecular flexibility index (Phi) is 4.19. The summed E-state index contributed by atoms with van der Waals surface area (Å²) >= 11 is 1.28. The Bertz CT molecular complexity index is 937. The summed E-state index contributed by atoms with van der Waals surface area (Å²) in [5.41, 5.74) is 2.41. The van der Waals surface area contributed by atoms with Crippen molar-refractivity contribution in [2.24, 2.45) is 10.3 Å². The minimum Gasteiger partial charge on any atom is -0.300 e. The van der Waals surface area contributed by atoms with Crippen molar-refractivity contribution in [1.82, 2.24) is 9.99 Å². The second kappa shape index (κ2) is 6.54. The molecule has 138 valence electrons. The third-order valence-electron chi connectivity index (χ3n) is 4.31. The lowest BCUT2D eigenvalue weighted by Crippen LogP contribution is -2.43. The number of carbonyl (C=O) groups excluding carboxylic acids is 3. The highest BCUT2D eigenvalue weighted by atomic mass is 32.1. The third kappa shape index (κ3) is 3.08. The van der Waals surface area contributed by atoms with Gasteiger partial charge in [-0.1, -0.05) is 11.3 Å². The van der Waals surface area contributed by atoms with E-state index in [0.29, 0.717) is 10.8 Å². The van der Waals surface area contributed by atoms with Crippen molar-refractivity contribution in [2.75, 3.05) is 16.8 Å². The molecule has 0 unspecified atom stereocenters. The number of benzene rings is 1. The van der Waals surface area contributed by atoms with Crippen LogP contribution in [-0.4, -0.2) is 46.3 Å². The Morgan fingerprint density at radius 1 is 1.19 bits per heavy atom. The van der Waals surface area contributed by atoms with Crippen molar-refractivity contribution in [3.05, 3.63) is 40.9 Å². The van der Waals surface area contributed by atoms with Crippen LogP contribution in [0.3, 0.4) is 0 Å². The lowest BCUT2D eigenvalue weighted by Gasteiger charge is -2.20. The quantitative estimate of drug-likeness (QED) is 0.807. The molecule has 1 fully saturated rings. The number of nitrogens with zero attached hydrogens (tertiary/aromatic N) is 5. The van der Waals surface area contributed by atoms with Gasteiger partial charge >= 0.3 is 0 Å². The van der Waals surface area contributed by atoms with Crippen LogP contribution in [-0.2, 0) is 14.4 Å². The van der Waals surface area contributed by atoms with E-state index in [4.69, 9.17) is 0 Å². The standard InChI is InChI=1S/C17H16N6O3S/c1-9-5-10(2)7-11(6-9)23-15(25)13-14(16(23)26)22(21-20-13)8-12(24)19-17-18-3-4-27-17/h3-7,13-14H,8H2,1-2H3,(H,18,19,24)/t13-,14+/m1/s1. The molecule has 0 aliphatic carbocycles. The Hall–Kier alpha value is -3.14. The fourth-order valence-corrected chi connectivity index (χ4v) is 3.82. The molecule has 0 bridgehead atoms. The van der Waals surface area contributed by atoms with Crippen molar-refractivity contribution < 1.29 is 14.4 Å². The van der Waals surface area contributed by atoms with E-state index in [1.165, 1.54) is 16.3 Å². The molecule has 1 N–H and O–H groups in total. The molecule has 2 aliphatic heterocycles. The molecule has 2 aromatic rings. The van der Waals surface area contributed by atoms with Gasteiger partial charge in [0.05, 0.1) is 5.69 Å². The first-order valence-electron chi connectivity index (χ1n) is 8.27. The number of thiazole rings is 1. The SMILES string of the molecule is Cc1cc(C)cc(N2C(=O)[C@@H]3[C@@H](N=NN3CC(=O)Nc3nccs3)C2=O)c1. The number of nitrogens with one attached hydrogen (secondary N) is 1. The number of fused-ring (bicyclic) bond motifs is 1. The second-order valence-corrected chi connectivity index (χ2v) is 7.33. The average molecular weight is 384 g/mol. The minimum absolute atomic E-state index is 0.191. The number of carbonyl (C=O) groups is 3. The molecule has 0 radical (unpaired) electrons. The van der Waals surface area contributed by atoms with E-state index in [1.807, 2.05) is 19.9 Å². The number of anilines is 2. The van der Waals surface area contributed by atoms with Gasteiger partial charge in [0.1, 0.15) is 6.54 Å². The molecule has 4 rings (SSSR count). The molecule has 0 saturated carbocycles. The Morgan fingerprint density at radius 3 is 2.59 bits per heavy atom. The van der Waals surface area contributed by atoms with Crippen LogP contribution in [0.15, 0.2) is 40.1 Å². The predicted octanol–water partition coefficient (Wildman–Crippen LogP) is 1.69. The molecule has 1 aromatic heterocycles. The van der Waals surface area contributed by atoms with Gasteiger partial charge in [0.15, 0.2) is 17.2 Å². The molecule has 2 aliphatic rings. The highest BCUT2D eigenvalue weighted by molar-refractivity contribution is 7.13. The maximum Gasteiger partial charge on any atom is 0.263 e. The lowest BCUT2D eigenvalue weighted by atomic mass is 10.1. The normalized spacial score (nSPS) is 21.1. The number of rotatable bonds is 4. The minimum atomic E-state index is -0.925. The number of hydrogen-bond donors (Lipinski definition) is 1. The molecule has 9 nitrogen and oxygen atoms in total. The second-order valence-electron chi connectivity index (χ2n) is 6.44. The van der Waals surface area contributed by atoms with Gasteiger partial charge in [0.2, 0.25) is 5.91 Å². The summed E-state index contributed by atoms with van der Waals surface area (Å²) < 4.78 is 0. The van der Waals surface area contributed by atoms with Crippen LogP contribution in [0.5, 0.6) is 0 Å². The van der Waals surface area contributed by atoms with Gasteiger partial charge in [-0.05, 0) is 37.1 Å². The molecule has 2 atom stereocenters. The molecule has 3 heterocycles. The monoisotopic (exact) mass is 384 g/mol. The van der Waals surface area contributed by atoms with E-state index in [1.54, 1.807) is 23.7 Å². The zero-order valence-electron chi connectivity index (χ0n) is 14.6. The summed E-state index contributed by atoms with van der Waals surface area (Å²) in [6.45, 7) is 3.61. The lowest BCUT2D eigenvalue weighted by molar-refractivity contribution is -0.123. The van der Waals surface area contributed by atoms with Crippen molar-refractivity contribution >= 4 is 39.9 Å². The van der Waals surface area contributed by atoms with Gasteiger partial charge in [0, 0.05) is 11.6 Å². The third-order valence-corrected chi connectivity index (χ3v) is 5.00. The van der Waals surface area contributed by atoms with E-state index >= 15 is 0 Å². The predicted molar refractivity (Wildman–Crippen MR) is 98.3 cm³/mol. The van der Waals surface area contributed by atoms with Crippen LogP contribution >= 0.6 is 11.3 Å². The fraction of sp³-hybridized carbons (Fsp3) is 0.294. The largest absolute Gasteiger partial charge is 0.300 e. The van der Waals surface area contributed by atoms with Crippen LogP contribution in [0.2, 0.25) is 0 Å². The van der Waals surface area contributed by atoms with E-state index in [-0.39, 0.29) is 12.5 Å². The number of hydrogen-bond acceptors (Lipinski definition) is 8. The molecular weight excluding hydrogens is 368 g/mol. The Morgan fingerprint density at radius 2 is 1.93 bits per heavy atom. The van der Waals surface area contributed by atoms with Crippen molar-refractivity contribution in [3.8, 4) is 0 Å². The van der Waals surface area contributed by atoms with Gasteiger partial charge in [-0.2, -0.15) is 5.11 Å². The van der Waals surface area contributed by atoms with E-state index in [9.17, 15) is 14.4 Å². The van der Waals surface area contributed by atoms with Crippen molar-refractivity contribution in [1.29, 1.82) is 0 Å². The maximum absolute atomic E-state index is 12.9. The summed E-state index contributed by atoms with van der Waals surface area (Å²) in [7, 11) is 0. The molecule has 1 saturated heterocycles. The van der Waals surface area contributed by atoms with E-state index in [0.717, 1.165) is 16.0 Å². The van der Waals surface area contributed by atoms with Crippen molar-refractivity contribution in [2.45, 2.75) is 25.9 Å². The highest BCUT2D eigenvalue weighted by Gasteiger charge is 2.55. The zero-order valence-corrected chi connectivity index (χ0v) is 15.4. The van der Waals surface area contributed by atoms with Crippen LogP contribution in [0, 0.1) is 13.8 Å². The van der Waals surface area contributed by atoms with E-state index in [2.05, 4.69) is 20.6 Å². The molecule has 0 spiro atoms. The molecular formula is C17H16N6O3S. The first-order chi connectivity index (χ1) is 12.9. The zero-order chi connectivity index (χ0) is 19.1. The number of aromatic nitrogens is 1. The highest BCUT2D eigenvalue weighted by Crippen LogP contribution is 2.32. The first-order valence-corrected chi connectivity index (χ1v) is 9.15. The van der Waals surface area contributed by atoms with Gasteiger partial charge in [0.25, 0.3) is 11.8 Å². The first kappa shape index (κ1) is 17.3. The van der Waals surface area contributed by atoms with E-state index < -0.39 is 23.9 Å². The summed E-state index contributed by atoms with van der Waals surface area (Å²) in [5.74, 6) is -1.24. The summed E-state index contributed by atoms with van der Waals surface area (Å²) in [6.07, 6.45) is 1.58. The molecule has 1 aromatic carbocycles.